The van der Waals surface area contributed by atoms with Crippen LogP contribution in [0.3, 0.4) is 0 Å². The number of carbonyl (C=O) groups is 2. The van der Waals surface area contributed by atoms with Crippen molar-refractivity contribution in [3.05, 3.63) is 12.3 Å². The zero-order chi connectivity index (χ0) is 15.7. The lowest BCUT2D eigenvalue weighted by molar-refractivity contribution is -0.118. The number of nitrogens with one attached hydrogen (secondary N) is 1. The summed E-state index contributed by atoms with van der Waals surface area (Å²) in [6, 6.07) is 1.75. The van der Waals surface area contributed by atoms with Crippen LogP contribution in [-0.2, 0) is 16.6 Å². The first kappa shape index (κ1) is 14.8. The van der Waals surface area contributed by atoms with Crippen LogP contribution in [-0.4, -0.2) is 70.4 Å². The maximum absolute atomic E-state index is 12.1. The number of rotatable bonds is 3. The predicted octanol–water partition coefficient (Wildman–Crippen LogP) is 0.275. The average molecular weight is 307 g/mol. The standard InChI is InChI=1S/C14H21N5O3/c1-17-9-14(22-13(17)21)5-3-6-19(10-14)8-12(20)15-11-4-7-18(2)16-11/h4,7H,3,5-6,8-10H2,1-2H3,(H,15,16,20)/t14-/m0/s1. The molecule has 0 bridgehead atoms. The van der Waals surface area contributed by atoms with E-state index in [-0.39, 0.29) is 18.5 Å². The van der Waals surface area contributed by atoms with Gasteiger partial charge in [0, 0.05) is 32.9 Å². The highest BCUT2D eigenvalue weighted by molar-refractivity contribution is 5.91. The third-order valence-corrected chi connectivity index (χ3v) is 4.11. The smallest absolute Gasteiger partial charge is 0.410 e. The van der Waals surface area contributed by atoms with E-state index in [4.69, 9.17) is 4.74 Å². The second kappa shape index (κ2) is 5.60. The lowest BCUT2D eigenvalue weighted by Gasteiger charge is -2.37. The Morgan fingerprint density at radius 2 is 2.27 bits per heavy atom. The highest BCUT2D eigenvalue weighted by atomic mass is 16.6. The van der Waals surface area contributed by atoms with Gasteiger partial charge in [0.2, 0.25) is 5.91 Å². The molecule has 1 spiro atoms. The van der Waals surface area contributed by atoms with Crippen LogP contribution in [0.15, 0.2) is 12.3 Å². The summed E-state index contributed by atoms with van der Waals surface area (Å²) in [5.41, 5.74) is -0.463. The van der Waals surface area contributed by atoms with Crippen LogP contribution in [0.4, 0.5) is 10.6 Å². The number of likely N-dealkylation sites (N-methyl/N-ethyl adjacent to an activating group) is 1. The fourth-order valence-electron chi connectivity index (χ4n) is 3.20. The highest BCUT2D eigenvalue weighted by Crippen LogP contribution is 2.31. The molecule has 120 valence electrons. The molecule has 1 aromatic heterocycles. The number of amides is 2. The van der Waals surface area contributed by atoms with Crippen LogP contribution in [0.25, 0.3) is 0 Å². The van der Waals surface area contributed by atoms with E-state index in [2.05, 4.69) is 10.4 Å². The third-order valence-electron chi connectivity index (χ3n) is 4.11. The quantitative estimate of drug-likeness (QED) is 0.867. The van der Waals surface area contributed by atoms with Crippen molar-refractivity contribution in [1.82, 2.24) is 19.6 Å². The Morgan fingerprint density at radius 1 is 1.45 bits per heavy atom. The molecule has 8 nitrogen and oxygen atoms in total. The molecule has 2 aliphatic heterocycles. The molecule has 2 aliphatic rings. The maximum Gasteiger partial charge on any atom is 0.410 e. The average Bonchev–Trinajstić information content (AvgIpc) is 2.94. The van der Waals surface area contributed by atoms with Gasteiger partial charge in [0.15, 0.2) is 5.82 Å². The van der Waals surface area contributed by atoms with E-state index < -0.39 is 5.60 Å². The Morgan fingerprint density at radius 3 is 2.91 bits per heavy atom. The zero-order valence-corrected chi connectivity index (χ0v) is 12.9. The number of aryl methyl sites for hydroxylation is 1. The SMILES string of the molecule is CN1C[C@]2(CCCN(CC(=O)Nc3ccn(C)n3)C2)OC1=O. The summed E-state index contributed by atoms with van der Waals surface area (Å²) in [5.74, 6) is 0.444. The predicted molar refractivity (Wildman–Crippen MR) is 79.4 cm³/mol. The van der Waals surface area contributed by atoms with Crippen LogP contribution >= 0.6 is 0 Å². The number of hydrogen-bond acceptors (Lipinski definition) is 5. The molecule has 2 fully saturated rings. The van der Waals surface area contributed by atoms with Gasteiger partial charge in [-0.15, -0.1) is 0 Å². The molecule has 0 aliphatic carbocycles. The molecule has 3 heterocycles. The number of likely N-dealkylation sites (tertiary alicyclic amines) is 1. The van der Waals surface area contributed by atoms with Gasteiger partial charge < -0.3 is 15.0 Å². The van der Waals surface area contributed by atoms with Gasteiger partial charge >= 0.3 is 6.09 Å². The van der Waals surface area contributed by atoms with E-state index in [0.717, 1.165) is 19.4 Å². The first-order valence-electron chi connectivity index (χ1n) is 7.42. The monoisotopic (exact) mass is 307 g/mol. The van der Waals surface area contributed by atoms with Crippen LogP contribution in [0.2, 0.25) is 0 Å². The summed E-state index contributed by atoms with van der Waals surface area (Å²) < 4.78 is 7.17. The van der Waals surface area contributed by atoms with Crippen molar-refractivity contribution in [3.8, 4) is 0 Å². The molecular formula is C14H21N5O3. The number of aromatic nitrogens is 2. The number of nitrogens with zero attached hydrogens (tertiary/aromatic N) is 4. The fraction of sp³-hybridized carbons (Fsp3) is 0.643. The molecule has 1 atom stereocenters. The molecule has 22 heavy (non-hydrogen) atoms. The fourth-order valence-corrected chi connectivity index (χ4v) is 3.20. The van der Waals surface area contributed by atoms with Gasteiger partial charge in [0.1, 0.15) is 5.60 Å². The zero-order valence-electron chi connectivity index (χ0n) is 12.9. The lowest BCUT2D eigenvalue weighted by Crippen LogP contribution is -2.52. The lowest BCUT2D eigenvalue weighted by atomic mass is 9.93. The number of carbonyl (C=O) groups excluding carboxylic acids is 2. The molecule has 0 saturated carbocycles. The summed E-state index contributed by atoms with van der Waals surface area (Å²) in [6.45, 7) is 2.29. The molecule has 8 heteroatoms. The van der Waals surface area contributed by atoms with Crippen molar-refractivity contribution in [2.24, 2.45) is 7.05 Å². The highest BCUT2D eigenvalue weighted by Gasteiger charge is 2.46. The topological polar surface area (TPSA) is 79.7 Å². The van der Waals surface area contributed by atoms with Gasteiger partial charge in [0.05, 0.1) is 13.1 Å². The molecule has 3 rings (SSSR count). The van der Waals surface area contributed by atoms with Crippen molar-refractivity contribution in [2.45, 2.75) is 18.4 Å². The molecule has 2 saturated heterocycles. The minimum atomic E-state index is -0.463. The minimum Gasteiger partial charge on any atom is -0.440 e. The maximum atomic E-state index is 12.1. The summed E-state index contributed by atoms with van der Waals surface area (Å²) in [6.07, 6.45) is 3.26. The van der Waals surface area contributed by atoms with E-state index in [1.54, 1.807) is 35.9 Å². The van der Waals surface area contributed by atoms with Crippen molar-refractivity contribution >= 4 is 17.8 Å². The van der Waals surface area contributed by atoms with Gasteiger partial charge in [-0.2, -0.15) is 5.10 Å². The van der Waals surface area contributed by atoms with Crippen molar-refractivity contribution < 1.29 is 14.3 Å². The molecule has 2 amide bonds. The number of anilines is 1. The Hall–Kier alpha value is -2.09. The van der Waals surface area contributed by atoms with Crippen LogP contribution in [0, 0.1) is 0 Å². The summed E-state index contributed by atoms with van der Waals surface area (Å²) in [5, 5.41) is 6.90. The Balaban J connectivity index is 1.56. The minimum absolute atomic E-state index is 0.103. The first-order chi connectivity index (χ1) is 10.5. The number of piperidine rings is 1. The molecule has 1 N–H and O–H groups in total. The molecule has 0 aromatic carbocycles. The molecule has 1 aromatic rings. The number of hydrogen-bond donors (Lipinski definition) is 1. The second-order valence-corrected chi connectivity index (χ2v) is 6.14. The van der Waals surface area contributed by atoms with Gasteiger partial charge in [-0.3, -0.25) is 14.4 Å². The Bertz CT molecular complexity index is 587. The van der Waals surface area contributed by atoms with Gasteiger partial charge in [0.25, 0.3) is 0 Å². The van der Waals surface area contributed by atoms with Gasteiger partial charge in [-0.1, -0.05) is 0 Å². The van der Waals surface area contributed by atoms with Crippen molar-refractivity contribution in [3.63, 3.8) is 0 Å². The van der Waals surface area contributed by atoms with E-state index in [9.17, 15) is 9.59 Å². The molecule has 0 radical (unpaired) electrons. The third kappa shape index (κ3) is 3.06. The summed E-state index contributed by atoms with van der Waals surface area (Å²) in [7, 11) is 3.54. The Kier molecular flexibility index (Phi) is 3.78. The van der Waals surface area contributed by atoms with Gasteiger partial charge in [-0.25, -0.2) is 4.79 Å². The summed E-state index contributed by atoms with van der Waals surface area (Å²) >= 11 is 0. The molecule has 0 unspecified atom stereocenters. The molecular weight excluding hydrogens is 286 g/mol. The van der Waals surface area contributed by atoms with E-state index in [0.29, 0.717) is 18.9 Å². The second-order valence-electron chi connectivity index (χ2n) is 6.14. The first-order valence-corrected chi connectivity index (χ1v) is 7.42. The van der Waals surface area contributed by atoms with Crippen LogP contribution in [0.5, 0.6) is 0 Å². The van der Waals surface area contributed by atoms with Crippen molar-refractivity contribution in [1.29, 1.82) is 0 Å². The van der Waals surface area contributed by atoms with E-state index in [1.807, 2.05) is 4.90 Å². The largest absolute Gasteiger partial charge is 0.440 e. The Labute approximate surface area is 129 Å². The van der Waals surface area contributed by atoms with Crippen molar-refractivity contribution in [2.75, 3.05) is 38.5 Å². The normalized spacial score (nSPS) is 25.5. The van der Waals surface area contributed by atoms with Gasteiger partial charge in [-0.05, 0) is 19.4 Å². The van der Waals surface area contributed by atoms with E-state index in [1.165, 1.54) is 0 Å². The van der Waals surface area contributed by atoms with Crippen LogP contribution in [0.1, 0.15) is 12.8 Å². The van der Waals surface area contributed by atoms with E-state index >= 15 is 0 Å². The summed E-state index contributed by atoms with van der Waals surface area (Å²) in [4.78, 5) is 27.3. The number of ether oxygens (including phenoxy) is 1. The van der Waals surface area contributed by atoms with Crippen LogP contribution < -0.4 is 5.32 Å².